The molecule has 0 saturated carbocycles. The average molecular weight is 242 g/mol. The van der Waals surface area contributed by atoms with E-state index in [1.165, 1.54) is 12.8 Å². The smallest absolute Gasteiger partial charge is 0.0497 e. The van der Waals surface area contributed by atoms with Gasteiger partial charge in [-0.3, -0.25) is 0 Å². The first-order valence-corrected chi connectivity index (χ1v) is 9.04. The molecule has 0 rings (SSSR count). The lowest BCUT2D eigenvalue weighted by molar-refractivity contribution is 0.859. The number of hydrogen-bond acceptors (Lipinski definition) is 4. The van der Waals surface area contributed by atoms with Crippen molar-refractivity contribution in [3.05, 3.63) is 0 Å². The highest BCUT2D eigenvalue weighted by molar-refractivity contribution is 8.16. The van der Waals surface area contributed by atoms with Gasteiger partial charge in [0.25, 0.3) is 0 Å². The van der Waals surface area contributed by atoms with Gasteiger partial charge in [-0.1, -0.05) is 0 Å². The highest BCUT2D eigenvalue weighted by atomic mass is 32.2. The lowest BCUT2D eigenvalue weighted by Gasteiger charge is -2.15. The summed E-state index contributed by atoms with van der Waals surface area (Å²) in [6.45, 7) is 0. The minimum Gasteiger partial charge on any atom is -0.151 e. The zero-order valence-electron chi connectivity index (χ0n) is 8.20. The van der Waals surface area contributed by atoms with Crippen LogP contribution in [0.5, 0.6) is 0 Å². The molecular formula is C8H18S4. The van der Waals surface area contributed by atoms with Crippen molar-refractivity contribution in [3.63, 3.8) is 0 Å². The van der Waals surface area contributed by atoms with Crippen LogP contribution in [0.2, 0.25) is 0 Å². The summed E-state index contributed by atoms with van der Waals surface area (Å²) < 4.78 is 1.60. The van der Waals surface area contributed by atoms with Crippen LogP contribution in [0.1, 0.15) is 12.8 Å². The second kappa shape index (κ2) is 8.97. The first-order chi connectivity index (χ1) is 5.78. The summed E-state index contributed by atoms with van der Waals surface area (Å²) in [5.74, 6) is 0. The van der Waals surface area contributed by atoms with Crippen LogP contribution in [-0.2, 0) is 0 Å². The van der Waals surface area contributed by atoms with Crippen molar-refractivity contribution in [1.82, 2.24) is 0 Å². The van der Waals surface area contributed by atoms with Gasteiger partial charge in [0.2, 0.25) is 0 Å². The van der Waals surface area contributed by atoms with E-state index in [-0.39, 0.29) is 0 Å². The first kappa shape index (κ1) is 13.4. The molecule has 0 saturated heterocycles. The maximum atomic E-state index is 2.20. The molecule has 0 aliphatic heterocycles. The second-order valence-corrected chi connectivity index (χ2v) is 7.14. The minimum atomic E-state index is 0.798. The molecule has 0 aromatic heterocycles. The van der Waals surface area contributed by atoms with Gasteiger partial charge in [-0.25, -0.2) is 0 Å². The molecule has 0 aliphatic rings. The summed E-state index contributed by atoms with van der Waals surface area (Å²) >= 11 is 7.91. The fourth-order valence-corrected chi connectivity index (χ4v) is 3.96. The predicted octanol–water partition coefficient (Wildman–Crippen LogP) is 3.87. The van der Waals surface area contributed by atoms with E-state index in [0.717, 1.165) is 9.16 Å². The van der Waals surface area contributed by atoms with E-state index in [0.29, 0.717) is 0 Å². The van der Waals surface area contributed by atoms with Crippen molar-refractivity contribution < 1.29 is 0 Å². The van der Waals surface area contributed by atoms with Crippen LogP contribution in [0, 0.1) is 0 Å². The molecule has 0 amide bonds. The van der Waals surface area contributed by atoms with Crippen molar-refractivity contribution in [2.45, 2.75) is 22.0 Å². The van der Waals surface area contributed by atoms with E-state index in [1.54, 1.807) is 0 Å². The van der Waals surface area contributed by atoms with Crippen LogP contribution in [0.25, 0.3) is 0 Å². The second-order valence-electron chi connectivity index (χ2n) is 2.38. The normalized spacial score (nSPS) is 11.5. The molecule has 0 aromatic carbocycles. The van der Waals surface area contributed by atoms with Gasteiger partial charge in [0, 0.05) is 9.16 Å². The van der Waals surface area contributed by atoms with E-state index >= 15 is 0 Å². The lowest BCUT2D eigenvalue weighted by atomic mass is 10.4. The monoisotopic (exact) mass is 242 g/mol. The zero-order valence-corrected chi connectivity index (χ0v) is 11.5. The van der Waals surface area contributed by atoms with Crippen LogP contribution in [-0.4, -0.2) is 34.2 Å². The van der Waals surface area contributed by atoms with Crippen LogP contribution in [0.4, 0.5) is 0 Å². The minimum absolute atomic E-state index is 0.798. The Labute approximate surface area is 93.8 Å². The Balaban J connectivity index is 3.49. The molecule has 0 nitrogen and oxygen atoms in total. The Morgan fingerprint density at radius 3 is 1.08 bits per heavy atom. The molecular weight excluding hydrogens is 224 g/mol. The molecule has 4 heteroatoms. The Bertz CT molecular complexity index is 77.1. The van der Waals surface area contributed by atoms with Crippen LogP contribution in [0.3, 0.4) is 0 Å². The quantitative estimate of drug-likeness (QED) is 0.621. The fourth-order valence-electron chi connectivity index (χ4n) is 0.936. The van der Waals surface area contributed by atoms with Crippen LogP contribution < -0.4 is 0 Å². The molecule has 0 radical (unpaired) electrons. The Hall–Kier alpha value is 1.40. The third-order valence-corrected chi connectivity index (χ3v) is 7.04. The Kier molecular flexibility index (Phi) is 10.0. The molecule has 0 fully saturated rings. The molecule has 0 heterocycles. The molecule has 0 aliphatic carbocycles. The molecule has 12 heavy (non-hydrogen) atoms. The highest BCUT2D eigenvalue weighted by Crippen LogP contribution is 2.29. The number of hydrogen-bond donors (Lipinski definition) is 0. The van der Waals surface area contributed by atoms with Gasteiger partial charge in [-0.15, -0.1) is 0 Å². The Morgan fingerprint density at radius 2 is 0.917 bits per heavy atom. The van der Waals surface area contributed by atoms with E-state index < -0.39 is 0 Å². The highest BCUT2D eigenvalue weighted by Gasteiger charge is 2.09. The molecule has 0 bridgehead atoms. The third kappa shape index (κ3) is 5.95. The van der Waals surface area contributed by atoms with Crippen molar-refractivity contribution in [2.24, 2.45) is 0 Å². The van der Waals surface area contributed by atoms with Gasteiger partial charge < -0.3 is 0 Å². The SMILES string of the molecule is CSC(CCC(SC)SC)SC. The first-order valence-electron chi connectivity index (χ1n) is 3.89. The van der Waals surface area contributed by atoms with E-state index in [9.17, 15) is 0 Å². The maximum Gasteiger partial charge on any atom is 0.0497 e. The van der Waals surface area contributed by atoms with Crippen molar-refractivity contribution >= 4 is 47.0 Å². The topological polar surface area (TPSA) is 0 Å². The fraction of sp³-hybridized carbons (Fsp3) is 1.00. The zero-order chi connectivity index (χ0) is 9.40. The van der Waals surface area contributed by atoms with Gasteiger partial charge >= 0.3 is 0 Å². The van der Waals surface area contributed by atoms with Crippen LogP contribution in [0.15, 0.2) is 0 Å². The summed E-state index contributed by atoms with van der Waals surface area (Å²) in [6, 6.07) is 0. The summed E-state index contributed by atoms with van der Waals surface area (Å²) in [7, 11) is 0. The molecule has 0 aromatic rings. The summed E-state index contributed by atoms with van der Waals surface area (Å²) in [4.78, 5) is 0. The average Bonchev–Trinajstić information content (AvgIpc) is 2.13. The standard InChI is InChI=1S/C8H18S4/c1-9-7(10-2)5-6-8(11-3)12-4/h7-8H,5-6H2,1-4H3. The van der Waals surface area contributed by atoms with Gasteiger partial charge in [-0.05, 0) is 37.9 Å². The number of rotatable bonds is 7. The van der Waals surface area contributed by atoms with Crippen LogP contribution >= 0.6 is 47.0 Å². The number of thioether (sulfide) groups is 4. The molecule has 0 atom stereocenters. The third-order valence-electron chi connectivity index (χ3n) is 1.69. The van der Waals surface area contributed by atoms with Gasteiger partial charge in [0.05, 0.1) is 0 Å². The maximum absolute atomic E-state index is 2.20. The van der Waals surface area contributed by atoms with Crippen molar-refractivity contribution in [1.29, 1.82) is 0 Å². The largest absolute Gasteiger partial charge is 0.151 e. The molecule has 0 N–H and O–H groups in total. The predicted molar refractivity (Wildman–Crippen MR) is 70.9 cm³/mol. The molecule has 74 valence electrons. The van der Waals surface area contributed by atoms with Gasteiger partial charge in [0.15, 0.2) is 0 Å². The van der Waals surface area contributed by atoms with E-state index in [4.69, 9.17) is 0 Å². The molecule has 0 spiro atoms. The Morgan fingerprint density at radius 1 is 0.667 bits per heavy atom. The van der Waals surface area contributed by atoms with E-state index in [1.807, 2.05) is 47.0 Å². The van der Waals surface area contributed by atoms with E-state index in [2.05, 4.69) is 25.0 Å². The lowest BCUT2D eigenvalue weighted by Crippen LogP contribution is -2.01. The van der Waals surface area contributed by atoms with Gasteiger partial charge in [-0.2, -0.15) is 47.0 Å². The summed E-state index contributed by atoms with van der Waals surface area (Å²) in [5, 5.41) is 0. The summed E-state index contributed by atoms with van der Waals surface area (Å²) in [6.07, 6.45) is 11.5. The van der Waals surface area contributed by atoms with Crippen molar-refractivity contribution in [3.8, 4) is 0 Å². The molecule has 0 unspecified atom stereocenters. The van der Waals surface area contributed by atoms with Gasteiger partial charge in [0.1, 0.15) is 0 Å². The van der Waals surface area contributed by atoms with Crippen molar-refractivity contribution in [2.75, 3.05) is 25.0 Å². The summed E-state index contributed by atoms with van der Waals surface area (Å²) in [5.41, 5.74) is 0.